The maximum atomic E-state index is 4.27. The Morgan fingerprint density at radius 2 is 2.00 bits per heavy atom. The fraction of sp³-hybridized carbons (Fsp3) is 0.400. The summed E-state index contributed by atoms with van der Waals surface area (Å²) in [5, 5.41) is 0. The van der Waals surface area contributed by atoms with Gasteiger partial charge in [-0.15, -0.1) is 0 Å². The van der Waals surface area contributed by atoms with Crippen LogP contribution in [0.3, 0.4) is 0 Å². The molecule has 0 saturated carbocycles. The van der Waals surface area contributed by atoms with E-state index in [1.54, 1.807) is 0 Å². The molecule has 0 saturated heterocycles. The van der Waals surface area contributed by atoms with Crippen molar-refractivity contribution < 1.29 is 0 Å². The highest BCUT2D eigenvalue weighted by Crippen LogP contribution is 2.21. The number of hydrogen-bond acceptors (Lipinski definition) is 1. The van der Waals surface area contributed by atoms with Gasteiger partial charge in [-0.05, 0) is 57.4 Å². The average Bonchev–Trinajstić information content (AvgIpc) is 2.48. The van der Waals surface area contributed by atoms with Gasteiger partial charge in [0, 0.05) is 12.2 Å². The van der Waals surface area contributed by atoms with Gasteiger partial charge >= 0.3 is 0 Å². The minimum Gasteiger partial charge on any atom is -0.352 e. The molecule has 0 spiro atoms. The maximum absolute atomic E-state index is 4.27. The van der Waals surface area contributed by atoms with Gasteiger partial charge in [-0.2, -0.15) is 0 Å². The van der Waals surface area contributed by atoms with Gasteiger partial charge in [-0.25, -0.2) is 0 Å². The fourth-order valence-corrected chi connectivity index (χ4v) is 2.46. The van der Waals surface area contributed by atoms with Crippen molar-refractivity contribution in [2.45, 2.75) is 47.0 Å². The van der Waals surface area contributed by atoms with Gasteiger partial charge in [0.2, 0.25) is 0 Å². The summed E-state index contributed by atoms with van der Waals surface area (Å²) in [6.45, 7) is 17.8. The van der Waals surface area contributed by atoms with Gasteiger partial charge < -0.3 is 4.90 Å². The van der Waals surface area contributed by atoms with Crippen LogP contribution < -0.4 is 0 Å². The second-order valence-corrected chi connectivity index (χ2v) is 5.68. The molecule has 0 amide bonds. The zero-order valence-corrected chi connectivity index (χ0v) is 14.1. The normalized spacial score (nSPS) is 11.8. The Morgan fingerprint density at radius 1 is 1.29 bits per heavy atom. The number of hydrogen-bond donors (Lipinski definition) is 0. The summed E-state index contributed by atoms with van der Waals surface area (Å²) in [6, 6.07) is 8.72. The number of nitrogens with zero attached hydrogens (tertiary/aromatic N) is 1. The van der Waals surface area contributed by atoms with Gasteiger partial charge in [-0.1, -0.05) is 55.5 Å². The lowest BCUT2D eigenvalue weighted by Crippen LogP contribution is -2.17. The molecule has 0 aliphatic rings. The summed E-state index contributed by atoms with van der Waals surface area (Å²) in [5.74, 6) is 0. The van der Waals surface area contributed by atoms with Crippen LogP contribution in [0.15, 0.2) is 60.5 Å². The first kappa shape index (κ1) is 17.3. The van der Waals surface area contributed by atoms with E-state index < -0.39 is 0 Å². The number of allylic oxidation sites excluding steroid dienone is 3. The molecule has 0 bridgehead atoms. The fourth-order valence-electron chi connectivity index (χ4n) is 2.46. The Kier molecular flexibility index (Phi) is 7.01. The highest BCUT2D eigenvalue weighted by Gasteiger charge is 2.07. The summed E-state index contributed by atoms with van der Waals surface area (Å²) >= 11 is 0. The third-order valence-electron chi connectivity index (χ3n) is 3.99. The molecule has 0 heterocycles. The zero-order valence-electron chi connectivity index (χ0n) is 14.1. The van der Waals surface area contributed by atoms with Crippen LogP contribution in [0.2, 0.25) is 0 Å². The van der Waals surface area contributed by atoms with Gasteiger partial charge in [0.15, 0.2) is 0 Å². The molecular weight excluding hydrogens is 254 g/mol. The second-order valence-electron chi connectivity index (χ2n) is 5.68. The molecule has 0 aliphatic carbocycles. The minimum absolute atomic E-state index is 1.00. The molecule has 0 N–H and O–H groups in total. The monoisotopic (exact) mass is 283 g/mol. The SMILES string of the molecule is C=CN(CCC)/C(C)=C(\C)C(=C)CCc1cccc(C)c1. The van der Waals surface area contributed by atoms with Crippen molar-refractivity contribution in [1.82, 2.24) is 4.90 Å². The van der Waals surface area contributed by atoms with Gasteiger partial charge in [0.25, 0.3) is 0 Å². The van der Waals surface area contributed by atoms with Crippen LogP contribution in [0.1, 0.15) is 44.7 Å². The van der Waals surface area contributed by atoms with Crippen LogP contribution in [-0.4, -0.2) is 11.4 Å². The first-order chi connectivity index (χ1) is 9.99. The van der Waals surface area contributed by atoms with Crippen molar-refractivity contribution in [2.24, 2.45) is 0 Å². The van der Waals surface area contributed by atoms with Crippen LogP contribution in [0.5, 0.6) is 0 Å². The Hall–Kier alpha value is -1.76. The molecule has 1 rings (SSSR count). The number of aryl methyl sites for hydroxylation is 2. The molecule has 1 aromatic rings. The molecule has 0 atom stereocenters. The van der Waals surface area contributed by atoms with E-state index in [-0.39, 0.29) is 0 Å². The van der Waals surface area contributed by atoms with Gasteiger partial charge in [-0.3, -0.25) is 0 Å². The molecule has 0 aromatic heterocycles. The number of benzene rings is 1. The van der Waals surface area contributed by atoms with Crippen LogP contribution in [0.25, 0.3) is 0 Å². The van der Waals surface area contributed by atoms with E-state index >= 15 is 0 Å². The van der Waals surface area contributed by atoms with Crippen molar-refractivity contribution >= 4 is 0 Å². The molecule has 1 aromatic carbocycles. The highest BCUT2D eigenvalue weighted by molar-refractivity contribution is 5.32. The molecule has 21 heavy (non-hydrogen) atoms. The topological polar surface area (TPSA) is 3.24 Å². The smallest absolute Gasteiger partial charge is 0.0219 e. The zero-order chi connectivity index (χ0) is 15.8. The summed E-state index contributed by atoms with van der Waals surface area (Å²) in [7, 11) is 0. The summed E-state index contributed by atoms with van der Waals surface area (Å²) in [6.07, 6.45) is 5.08. The van der Waals surface area contributed by atoms with E-state index in [4.69, 9.17) is 0 Å². The Balaban J connectivity index is 2.71. The Morgan fingerprint density at radius 3 is 2.57 bits per heavy atom. The van der Waals surface area contributed by atoms with E-state index in [1.165, 1.54) is 28.0 Å². The molecule has 0 fully saturated rings. The van der Waals surface area contributed by atoms with E-state index in [2.05, 4.69) is 70.0 Å². The maximum Gasteiger partial charge on any atom is 0.0219 e. The third kappa shape index (κ3) is 5.26. The van der Waals surface area contributed by atoms with Crippen molar-refractivity contribution in [1.29, 1.82) is 0 Å². The van der Waals surface area contributed by atoms with Crippen molar-refractivity contribution in [2.75, 3.05) is 6.54 Å². The average molecular weight is 283 g/mol. The molecule has 114 valence electrons. The summed E-state index contributed by atoms with van der Waals surface area (Å²) < 4.78 is 0. The second kappa shape index (κ2) is 8.51. The van der Waals surface area contributed by atoms with Crippen LogP contribution in [0.4, 0.5) is 0 Å². The first-order valence-corrected chi connectivity index (χ1v) is 7.80. The largest absolute Gasteiger partial charge is 0.352 e. The summed E-state index contributed by atoms with van der Waals surface area (Å²) in [4.78, 5) is 2.22. The van der Waals surface area contributed by atoms with Crippen LogP contribution >= 0.6 is 0 Å². The third-order valence-corrected chi connectivity index (χ3v) is 3.99. The lowest BCUT2D eigenvalue weighted by atomic mass is 9.98. The molecule has 0 unspecified atom stereocenters. The standard InChI is InChI=1S/C20H29N/c1-7-14-21(8-2)19(6)18(5)17(4)12-13-20-11-9-10-16(3)15-20/h8-11,15H,2,4,7,12-14H2,1,3,5-6H3/b19-18+. The van der Waals surface area contributed by atoms with Crippen LogP contribution in [0, 0.1) is 6.92 Å². The molecule has 0 aliphatic heterocycles. The first-order valence-electron chi connectivity index (χ1n) is 7.80. The van der Waals surface area contributed by atoms with E-state index in [1.807, 2.05) is 6.20 Å². The van der Waals surface area contributed by atoms with E-state index in [0.717, 1.165) is 25.8 Å². The van der Waals surface area contributed by atoms with Crippen molar-refractivity contribution in [3.8, 4) is 0 Å². The Bertz CT molecular complexity index is 522. The minimum atomic E-state index is 1.00. The van der Waals surface area contributed by atoms with Gasteiger partial charge in [0.05, 0.1) is 0 Å². The predicted octanol–water partition coefficient (Wildman–Crippen LogP) is 5.63. The quantitative estimate of drug-likeness (QED) is 0.559. The predicted molar refractivity (Wildman–Crippen MR) is 94.2 cm³/mol. The summed E-state index contributed by atoms with van der Waals surface area (Å²) in [5.41, 5.74) is 6.48. The molecular formula is C20H29N. The van der Waals surface area contributed by atoms with E-state index in [0.29, 0.717) is 0 Å². The van der Waals surface area contributed by atoms with Gasteiger partial charge in [0.1, 0.15) is 0 Å². The molecule has 0 radical (unpaired) electrons. The van der Waals surface area contributed by atoms with Crippen molar-refractivity contribution in [3.63, 3.8) is 0 Å². The number of rotatable bonds is 8. The van der Waals surface area contributed by atoms with E-state index in [9.17, 15) is 0 Å². The van der Waals surface area contributed by atoms with Crippen molar-refractivity contribution in [3.05, 3.63) is 71.6 Å². The molecule has 1 nitrogen and oxygen atoms in total. The van der Waals surface area contributed by atoms with Crippen LogP contribution in [-0.2, 0) is 6.42 Å². The lowest BCUT2D eigenvalue weighted by molar-refractivity contribution is 0.459. The Labute approximate surface area is 130 Å². The highest BCUT2D eigenvalue weighted by atomic mass is 15.1. The lowest BCUT2D eigenvalue weighted by Gasteiger charge is -2.23. The molecule has 1 heteroatoms.